The van der Waals surface area contributed by atoms with Crippen LogP contribution in [0.1, 0.15) is 31.7 Å². The van der Waals surface area contributed by atoms with Gasteiger partial charge in [0.2, 0.25) is 0 Å². The molecule has 0 saturated carbocycles. The second-order valence-corrected chi connectivity index (χ2v) is 5.89. The molecule has 0 aromatic heterocycles. The molecule has 0 bridgehead atoms. The molecule has 0 radical (unpaired) electrons. The van der Waals surface area contributed by atoms with Crippen LogP contribution in [0, 0.1) is 0 Å². The molecule has 1 unspecified atom stereocenters. The molecule has 0 amide bonds. The molecule has 4 heteroatoms. The van der Waals surface area contributed by atoms with Crippen molar-refractivity contribution in [2.24, 2.45) is 5.73 Å². The van der Waals surface area contributed by atoms with E-state index in [-0.39, 0.29) is 0 Å². The molecule has 19 heavy (non-hydrogen) atoms. The number of hydrogen-bond donors (Lipinski definition) is 1. The van der Waals surface area contributed by atoms with Crippen molar-refractivity contribution in [2.45, 2.75) is 32.2 Å². The lowest BCUT2D eigenvalue weighted by atomic mass is 9.92. The molecule has 1 aromatic rings. The molecule has 1 atom stereocenters. The Morgan fingerprint density at radius 1 is 1.47 bits per heavy atom. The Balaban J connectivity index is 2.12. The van der Waals surface area contributed by atoms with Crippen molar-refractivity contribution in [3.05, 3.63) is 29.8 Å². The summed E-state index contributed by atoms with van der Waals surface area (Å²) in [6.45, 7) is 6.83. The zero-order chi connectivity index (χ0) is 13.8. The average molecular weight is 278 g/mol. The van der Waals surface area contributed by atoms with Gasteiger partial charge in [0.1, 0.15) is 5.75 Å². The van der Waals surface area contributed by atoms with Crippen molar-refractivity contribution >= 4 is 17.2 Å². The lowest BCUT2D eigenvalue weighted by Crippen LogP contribution is -2.41. The van der Waals surface area contributed by atoms with Crippen LogP contribution in [0.15, 0.2) is 24.3 Å². The van der Waals surface area contributed by atoms with Crippen LogP contribution in [0.5, 0.6) is 5.75 Å². The fourth-order valence-corrected chi connectivity index (χ4v) is 2.71. The van der Waals surface area contributed by atoms with Crippen LogP contribution in [0.2, 0.25) is 0 Å². The standard InChI is InChI=1S/C15H22N2OS/c1-11(2)17(10-15(16)19)9-12-7-8-18-14-6-4-3-5-13(12)14/h3-6,11-12H,7-10H2,1-2H3,(H2,16,19). The first-order valence-electron chi connectivity index (χ1n) is 6.82. The minimum absolute atomic E-state index is 0.441. The lowest BCUT2D eigenvalue weighted by molar-refractivity contribution is 0.200. The minimum Gasteiger partial charge on any atom is -0.493 e. The van der Waals surface area contributed by atoms with Gasteiger partial charge in [-0.05, 0) is 31.9 Å². The van der Waals surface area contributed by atoms with Gasteiger partial charge in [0.15, 0.2) is 0 Å². The van der Waals surface area contributed by atoms with Crippen LogP contribution in [0.4, 0.5) is 0 Å². The number of fused-ring (bicyclic) bond motifs is 1. The summed E-state index contributed by atoms with van der Waals surface area (Å²) in [7, 11) is 0. The molecule has 0 saturated heterocycles. The molecule has 104 valence electrons. The largest absolute Gasteiger partial charge is 0.493 e. The van der Waals surface area contributed by atoms with E-state index in [9.17, 15) is 0 Å². The van der Waals surface area contributed by atoms with E-state index in [1.165, 1.54) is 5.56 Å². The molecular weight excluding hydrogens is 256 g/mol. The first-order valence-corrected chi connectivity index (χ1v) is 7.23. The summed E-state index contributed by atoms with van der Waals surface area (Å²) in [4.78, 5) is 2.91. The average Bonchev–Trinajstić information content (AvgIpc) is 2.37. The van der Waals surface area contributed by atoms with E-state index in [0.29, 0.717) is 23.5 Å². The van der Waals surface area contributed by atoms with Gasteiger partial charge >= 0.3 is 0 Å². The van der Waals surface area contributed by atoms with Crippen LogP contribution in [0.25, 0.3) is 0 Å². The fraction of sp³-hybridized carbons (Fsp3) is 0.533. The zero-order valence-electron chi connectivity index (χ0n) is 11.6. The molecule has 0 fully saturated rings. The third-order valence-electron chi connectivity index (χ3n) is 3.63. The van der Waals surface area contributed by atoms with Gasteiger partial charge < -0.3 is 10.5 Å². The van der Waals surface area contributed by atoms with Crippen molar-refractivity contribution < 1.29 is 4.74 Å². The first kappa shape index (κ1) is 14.3. The molecule has 2 rings (SSSR count). The molecular formula is C15H22N2OS. The molecule has 3 nitrogen and oxygen atoms in total. The van der Waals surface area contributed by atoms with Crippen molar-refractivity contribution in [3.63, 3.8) is 0 Å². The molecule has 1 aliphatic rings. The Morgan fingerprint density at radius 3 is 2.89 bits per heavy atom. The maximum atomic E-state index is 5.71. The predicted octanol–water partition coefficient (Wildman–Crippen LogP) is 2.55. The number of benzene rings is 1. The molecule has 2 N–H and O–H groups in total. The highest BCUT2D eigenvalue weighted by Crippen LogP contribution is 2.34. The van der Waals surface area contributed by atoms with E-state index in [2.05, 4.69) is 36.9 Å². The predicted molar refractivity (Wildman–Crippen MR) is 82.8 cm³/mol. The van der Waals surface area contributed by atoms with E-state index < -0.39 is 0 Å². The van der Waals surface area contributed by atoms with Crippen molar-refractivity contribution in [3.8, 4) is 5.75 Å². The van der Waals surface area contributed by atoms with E-state index in [0.717, 1.165) is 25.3 Å². The third kappa shape index (κ3) is 3.67. The number of ether oxygens (including phenoxy) is 1. The second-order valence-electron chi connectivity index (χ2n) is 5.36. The Morgan fingerprint density at radius 2 is 2.21 bits per heavy atom. The summed E-state index contributed by atoms with van der Waals surface area (Å²) in [5, 5.41) is 0. The fourth-order valence-electron chi connectivity index (χ4n) is 2.55. The Labute approximate surface area is 120 Å². The third-order valence-corrected chi connectivity index (χ3v) is 3.76. The Bertz CT molecular complexity index is 448. The number of thiocarbonyl (C=S) groups is 1. The van der Waals surface area contributed by atoms with Crippen molar-refractivity contribution in [2.75, 3.05) is 19.7 Å². The topological polar surface area (TPSA) is 38.5 Å². The monoisotopic (exact) mass is 278 g/mol. The summed E-state index contributed by atoms with van der Waals surface area (Å²) >= 11 is 5.05. The van der Waals surface area contributed by atoms with Crippen LogP contribution < -0.4 is 10.5 Å². The van der Waals surface area contributed by atoms with Crippen LogP contribution in [-0.4, -0.2) is 35.6 Å². The molecule has 1 heterocycles. The van der Waals surface area contributed by atoms with Crippen LogP contribution in [0.3, 0.4) is 0 Å². The summed E-state index contributed by atoms with van der Waals surface area (Å²) in [6.07, 6.45) is 1.05. The normalized spacial score (nSPS) is 18.2. The Hall–Kier alpha value is -1.13. The van der Waals surface area contributed by atoms with Gasteiger partial charge in [-0.15, -0.1) is 0 Å². The number of nitrogens with two attached hydrogens (primary N) is 1. The molecule has 1 aromatic carbocycles. The van der Waals surface area contributed by atoms with Gasteiger partial charge in [0, 0.05) is 25.0 Å². The molecule has 0 spiro atoms. The summed E-state index contributed by atoms with van der Waals surface area (Å²) < 4.78 is 5.71. The SMILES string of the molecule is CC(C)N(CC(N)=S)CC1CCOc2ccccc21. The summed E-state index contributed by atoms with van der Waals surface area (Å²) in [5.74, 6) is 1.53. The number of para-hydroxylation sites is 1. The van der Waals surface area contributed by atoms with Gasteiger partial charge in [-0.1, -0.05) is 30.4 Å². The lowest BCUT2D eigenvalue weighted by Gasteiger charge is -2.33. The molecule has 0 aliphatic carbocycles. The maximum Gasteiger partial charge on any atom is 0.122 e. The zero-order valence-corrected chi connectivity index (χ0v) is 12.5. The van der Waals surface area contributed by atoms with Gasteiger partial charge in [0.25, 0.3) is 0 Å². The summed E-state index contributed by atoms with van der Waals surface area (Å²) in [6, 6.07) is 8.76. The van der Waals surface area contributed by atoms with Gasteiger partial charge in [-0.2, -0.15) is 0 Å². The number of hydrogen-bond acceptors (Lipinski definition) is 3. The highest BCUT2D eigenvalue weighted by Gasteiger charge is 2.24. The first-order chi connectivity index (χ1) is 9.08. The van der Waals surface area contributed by atoms with Gasteiger partial charge in [-0.25, -0.2) is 0 Å². The molecule has 1 aliphatic heterocycles. The highest BCUT2D eigenvalue weighted by molar-refractivity contribution is 7.80. The van der Waals surface area contributed by atoms with Gasteiger partial charge in [-0.3, -0.25) is 4.90 Å². The quantitative estimate of drug-likeness (QED) is 0.840. The van der Waals surface area contributed by atoms with E-state index >= 15 is 0 Å². The maximum absolute atomic E-state index is 5.71. The van der Waals surface area contributed by atoms with Crippen molar-refractivity contribution in [1.82, 2.24) is 4.90 Å². The number of rotatable bonds is 5. The minimum atomic E-state index is 0.441. The van der Waals surface area contributed by atoms with E-state index in [1.807, 2.05) is 6.07 Å². The van der Waals surface area contributed by atoms with Crippen LogP contribution >= 0.6 is 12.2 Å². The smallest absolute Gasteiger partial charge is 0.122 e. The van der Waals surface area contributed by atoms with E-state index in [4.69, 9.17) is 22.7 Å². The number of nitrogens with zero attached hydrogens (tertiary/aromatic N) is 1. The van der Waals surface area contributed by atoms with Crippen LogP contribution in [-0.2, 0) is 0 Å². The van der Waals surface area contributed by atoms with Crippen molar-refractivity contribution in [1.29, 1.82) is 0 Å². The summed E-state index contributed by atoms with van der Waals surface area (Å²) in [5.41, 5.74) is 7.00. The second kappa shape index (κ2) is 6.35. The van der Waals surface area contributed by atoms with Gasteiger partial charge in [0.05, 0.1) is 11.6 Å². The Kier molecular flexibility index (Phi) is 4.77. The highest BCUT2D eigenvalue weighted by atomic mass is 32.1. The van der Waals surface area contributed by atoms with E-state index in [1.54, 1.807) is 0 Å².